The van der Waals surface area contributed by atoms with E-state index in [1.54, 1.807) is 36.3 Å². The number of aryl methyl sites for hydroxylation is 1. The van der Waals surface area contributed by atoms with Crippen molar-refractivity contribution in [2.75, 3.05) is 55.4 Å². The van der Waals surface area contributed by atoms with Crippen molar-refractivity contribution in [1.29, 1.82) is 0 Å². The maximum Gasteiger partial charge on any atom is 0.331 e. The number of nitrogen functional groups attached to an aromatic ring is 1. The molecule has 0 aliphatic carbocycles. The molecule has 0 aromatic heterocycles. The molecule has 1 atom stereocenters. The first-order valence-corrected chi connectivity index (χ1v) is 15.7. The second-order valence-corrected chi connectivity index (χ2v) is 12.4. The Kier molecular flexibility index (Phi) is 8.68. The number of imide groups is 1. The van der Waals surface area contributed by atoms with Gasteiger partial charge in [0, 0.05) is 49.2 Å². The van der Waals surface area contributed by atoms with Crippen LogP contribution in [0, 0.1) is 6.92 Å². The van der Waals surface area contributed by atoms with E-state index >= 15 is 8.78 Å². The first kappa shape index (κ1) is 30.8. The van der Waals surface area contributed by atoms with Crippen molar-refractivity contribution in [3.8, 4) is 5.75 Å². The number of carbonyl (C=O) groups excluding carboxylic acids is 2. The van der Waals surface area contributed by atoms with E-state index in [2.05, 4.69) is 11.0 Å². The van der Waals surface area contributed by atoms with Crippen molar-refractivity contribution in [2.24, 2.45) is 0 Å². The average Bonchev–Trinajstić information content (AvgIpc) is 3.04. The molecule has 238 valence electrons. The number of halogens is 2. The van der Waals surface area contributed by atoms with Crippen LogP contribution >= 0.6 is 0 Å². The Balaban J connectivity index is 1.06. The summed E-state index contributed by atoms with van der Waals surface area (Å²) in [7, 11) is 1.60. The quantitative estimate of drug-likeness (QED) is 0.326. The molecule has 45 heavy (non-hydrogen) atoms. The molecule has 8 nitrogen and oxygen atoms in total. The number of urea groups is 1. The average molecular weight is 618 g/mol. The number of piperidine rings is 2. The second kappa shape index (κ2) is 12.7. The number of likely N-dealkylation sites (tertiary alicyclic amines) is 1. The van der Waals surface area contributed by atoms with Gasteiger partial charge in [0.15, 0.2) is 0 Å². The standard InChI is InChI=1S/C35H41F2N5O3/c1-24-21-29(9-12-32(24)41-20-16-33(43)42(34(41)44)22-25-3-10-30(45-2)11-4-25)39-17-13-28(14-18-39)40-19-15-31(35(36,37)23-40)26-5-7-27(38)8-6-26/h3-12,21,28,31H,13-20,22-23,38H2,1-2H3. The fraction of sp³-hybridized carbons (Fsp3) is 0.429. The van der Waals surface area contributed by atoms with Gasteiger partial charge < -0.3 is 15.4 Å². The van der Waals surface area contributed by atoms with Gasteiger partial charge in [0.05, 0.1) is 26.1 Å². The van der Waals surface area contributed by atoms with Gasteiger partial charge in [0.1, 0.15) is 5.75 Å². The van der Waals surface area contributed by atoms with Gasteiger partial charge in [-0.2, -0.15) is 0 Å². The molecule has 3 aliphatic heterocycles. The van der Waals surface area contributed by atoms with Crippen molar-refractivity contribution in [3.05, 3.63) is 83.4 Å². The molecule has 0 bridgehead atoms. The van der Waals surface area contributed by atoms with Gasteiger partial charge in [-0.25, -0.2) is 13.6 Å². The molecule has 0 saturated carbocycles. The third kappa shape index (κ3) is 6.47. The molecule has 3 saturated heterocycles. The number of methoxy groups -OCH3 is 1. The lowest BCUT2D eigenvalue weighted by molar-refractivity contribution is -0.129. The van der Waals surface area contributed by atoms with E-state index in [-0.39, 0.29) is 37.5 Å². The van der Waals surface area contributed by atoms with Crippen molar-refractivity contribution in [3.63, 3.8) is 0 Å². The van der Waals surface area contributed by atoms with Gasteiger partial charge in [-0.1, -0.05) is 24.3 Å². The van der Waals surface area contributed by atoms with Crippen LogP contribution in [-0.4, -0.2) is 73.5 Å². The van der Waals surface area contributed by atoms with E-state index in [9.17, 15) is 9.59 Å². The SMILES string of the molecule is COc1ccc(CN2C(=O)CCN(c3ccc(N4CCC(N5CCC(c6ccc(N)cc6)C(F)(F)C5)CC4)cc3C)C2=O)cc1. The maximum absolute atomic E-state index is 15.3. The highest BCUT2D eigenvalue weighted by Gasteiger charge is 2.47. The number of amides is 3. The zero-order chi connectivity index (χ0) is 31.7. The third-order valence-corrected chi connectivity index (χ3v) is 9.60. The molecule has 6 rings (SSSR count). The largest absolute Gasteiger partial charge is 0.497 e. The first-order chi connectivity index (χ1) is 21.6. The number of ether oxygens (including phenoxy) is 1. The number of rotatable bonds is 7. The number of nitrogens with zero attached hydrogens (tertiary/aromatic N) is 4. The van der Waals surface area contributed by atoms with Gasteiger partial charge >= 0.3 is 6.03 Å². The molecule has 1 unspecified atom stereocenters. The highest BCUT2D eigenvalue weighted by Crippen LogP contribution is 2.42. The van der Waals surface area contributed by atoms with Gasteiger partial charge in [-0.05, 0) is 91.9 Å². The molecule has 3 amide bonds. The Hall–Kier alpha value is -4.18. The second-order valence-electron chi connectivity index (χ2n) is 12.4. The van der Waals surface area contributed by atoms with Crippen LogP contribution < -0.4 is 20.3 Å². The lowest BCUT2D eigenvalue weighted by Crippen LogP contribution is -2.54. The summed E-state index contributed by atoms with van der Waals surface area (Å²) in [5.74, 6) is -3.04. The minimum atomic E-state index is -2.79. The maximum atomic E-state index is 15.3. The van der Waals surface area contributed by atoms with Crippen LogP contribution in [0.5, 0.6) is 5.75 Å². The van der Waals surface area contributed by atoms with Crippen LogP contribution in [-0.2, 0) is 11.3 Å². The smallest absolute Gasteiger partial charge is 0.331 e. The molecule has 3 aromatic rings. The summed E-state index contributed by atoms with van der Waals surface area (Å²) < 4.78 is 35.8. The van der Waals surface area contributed by atoms with Crippen molar-refractivity contribution in [1.82, 2.24) is 9.80 Å². The summed E-state index contributed by atoms with van der Waals surface area (Å²) in [6.45, 7) is 4.51. The zero-order valence-electron chi connectivity index (χ0n) is 25.9. The summed E-state index contributed by atoms with van der Waals surface area (Å²) in [6.07, 6.45) is 2.32. The topological polar surface area (TPSA) is 82.3 Å². The van der Waals surface area contributed by atoms with Gasteiger partial charge in [0.2, 0.25) is 5.91 Å². The molecule has 0 radical (unpaired) electrons. The number of hydrogen-bond donors (Lipinski definition) is 1. The summed E-state index contributed by atoms with van der Waals surface area (Å²) in [5, 5.41) is 0. The molecule has 3 aromatic carbocycles. The molecular weight excluding hydrogens is 576 g/mol. The van der Waals surface area contributed by atoms with E-state index in [4.69, 9.17) is 10.5 Å². The van der Waals surface area contributed by atoms with Crippen LogP contribution in [0.3, 0.4) is 0 Å². The number of alkyl halides is 2. The fourth-order valence-corrected chi connectivity index (χ4v) is 7.03. The lowest BCUT2D eigenvalue weighted by Gasteiger charge is -2.45. The number of anilines is 3. The third-order valence-electron chi connectivity index (χ3n) is 9.60. The summed E-state index contributed by atoms with van der Waals surface area (Å²) in [5.41, 5.74) is 10.6. The summed E-state index contributed by atoms with van der Waals surface area (Å²) >= 11 is 0. The Labute approximate surface area is 263 Å². The van der Waals surface area contributed by atoms with Crippen LogP contribution in [0.25, 0.3) is 0 Å². The van der Waals surface area contributed by atoms with Crippen LogP contribution in [0.2, 0.25) is 0 Å². The molecule has 3 heterocycles. The highest BCUT2D eigenvalue weighted by atomic mass is 19.3. The van der Waals surface area contributed by atoms with Gasteiger partial charge in [0.25, 0.3) is 5.92 Å². The molecule has 0 spiro atoms. The normalized spacial score (nSPS) is 21.3. The summed E-state index contributed by atoms with van der Waals surface area (Å²) in [4.78, 5) is 33.5. The first-order valence-electron chi connectivity index (χ1n) is 15.7. The van der Waals surface area contributed by atoms with Crippen LogP contribution in [0.4, 0.5) is 30.6 Å². The highest BCUT2D eigenvalue weighted by molar-refractivity contribution is 6.06. The van der Waals surface area contributed by atoms with E-state index in [0.29, 0.717) is 36.5 Å². The molecule has 2 N–H and O–H groups in total. The van der Waals surface area contributed by atoms with Crippen molar-refractivity contribution >= 4 is 29.0 Å². The minimum Gasteiger partial charge on any atom is -0.497 e. The Bertz CT molecular complexity index is 1520. The predicted octanol–water partition coefficient (Wildman–Crippen LogP) is 6.04. The molecule has 3 aliphatic rings. The van der Waals surface area contributed by atoms with E-state index in [0.717, 1.165) is 48.4 Å². The molecular formula is C35H41F2N5O3. The number of hydrogen-bond acceptors (Lipinski definition) is 6. The summed E-state index contributed by atoms with van der Waals surface area (Å²) in [6, 6.07) is 20.1. The van der Waals surface area contributed by atoms with Gasteiger partial charge in [-0.15, -0.1) is 0 Å². The Morgan fingerprint density at radius 3 is 2.27 bits per heavy atom. The van der Waals surface area contributed by atoms with E-state index in [1.165, 1.54) is 4.90 Å². The predicted molar refractivity (Wildman–Crippen MR) is 172 cm³/mol. The Morgan fingerprint density at radius 2 is 1.62 bits per heavy atom. The number of nitrogens with two attached hydrogens (primary N) is 1. The number of benzene rings is 3. The lowest BCUT2D eigenvalue weighted by atomic mass is 9.85. The molecule has 10 heteroatoms. The minimum absolute atomic E-state index is 0.125. The van der Waals surface area contributed by atoms with Crippen LogP contribution in [0.15, 0.2) is 66.7 Å². The fourth-order valence-electron chi connectivity index (χ4n) is 7.03. The van der Waals surface area contributed by atoms with Crippen molar-refractivity contribution < 1.29 is 23.1 Å². The number of carbonyl (C=O) groups is 2. The Morgan fingerprint density at radius 1 is 0.911 bits per heavy atom. The monoisotopic (exact) mass is 617 g/mol. The zero-order valence-corrected chi connectivity index (χ0v) is 25.9. The van der Waals surface area contributed by atoms with Crippen molar-refractivity contribution in [2.45, 2.75) is 57.0 Å². The van der Waals surface area contributed by atoms with Crippen LogP contribution in [0.1, 0.15) is 48.3 Å². The molecule has 3 fully saturated rings. The van der Waals surface area contributed by atoms with Gasteiger partial charge in [-0.3, -0.25) is 19.5 Å². The van der Waals surface area contributed by atoms with E-state index < -0.39 is 11.8 Å². The van der Waals surface area contributed by atoms with E-state index in [1.807, 2.05) is 48.2 Å².